The van der Waals surface area contributed by atoms with Gasteiger partial charge in [0.15, 0.2) is 0 Å². The number of benzene rings is 1. The molecule has 1 aromatic carbocycles. The number of hydrogen-bond donors (Lipinski definition) is 1. The molecule has 0 aliphatic heterocycles. The summed E-state index contributed by atoms with van der Waals surface area (Å²) in [4.78, 5) is 0. The van der Waals surface area contributed by atoms with Gasteiger partial charge in [0.2, 0.25) is 0 Å². The van der Waals surface area contributed by atoms with Crippen molar-refractivity contribution < 1.29 is 9.50 Å². The van der Waals surface area contributed by atoms with Crippen LogP contribution in [0, 0.1) is 11.7 Å². The van der Waals surface area contributed by atoms with E-state index in [1.165, 1.54) is 0 Å². The summed E-state index contributed by atoms with van der Waals surface area (Å²) in [5.74, 6) is 0.275. The standard InChI is InChI=1S/C14H19FO/c1-10(2)8-11-4-5-12(13(15)9-11)14(16)6-3-7-14/h4-5,9-10,16H,3,6-8H2,1-2H3. The van der Waals surface area contributed by atoms with Gasteiger partial charge in [-0.05, 0) is 43.2 Å². The fourth-order valence-corrected chi connectivity index (χ4v) is 2.32. The number of rotatable bonds is 3. The third kappa shape index (κ3) is 2.12. The second-order valence-electron chi connectivity index (χ2n) is 5.30. The first kappa shape index (κ1) is 11.6. The van der Waals surface area contributed by atoms with Gasteiger partial charge in [-0.25, -0.2) is 4.39 Å². The Kier molecular flexibility index (Phi) is 3.02. The van der Waals surface area contributed by atoms with Crippen LogP contribution >= 0.6 is 0 Å². The monoisotopic (exact) mass is 222 g/mol. The van der Waals surface area contributed by atoms with Crippen molar-refractivity contribution in [1.29, 1.82) is 0 Å². The van der Waals surface area contributed by atoms with E-state index < -0.39 is 5.60 Å². The van der Waals surface area contributed by atoms with E-state index >= 15 is 0 Å². The quantitative estimate of drug-likeness (QED) is 0.831. The topological polar surface area (TPSA) is 20.2 Å². The van der Waals surface area contributed by atoms with Crippen molar-refractivity contribution in [3.8, 4) is 0 Å². The van der Waals surface area contributed by atoms with E-state index in [4.69, 9.17) is 0 Å². The fourth-order valence-electron chi connectivity index (χ4n) is 2.32. The van der Waals surface area contributed by atoms with E-state index in [0.29, 0.717) is 24.3 Å². The van der Waals surface area contributed by atoms with Crippen molar-refractivity contribution in [2.24, 2.45) is 5.92 Å². The number of aliphatic hydroxyl groups is 1. The summed E-state index contributed by atoms with van der Waals surface area (Å²) >= 11 is 0. The van der Waals surface area contributed by atoms with Crippen LogP contribution in [-0.4, -0.2) is 5.11 Å². The van der Waals surface area contributed by atoms with E-state index in [9.17, 15) is 9.50 Å². The van der Waals surface area contributed by atoms with Gasteiger partial charge >= 0.3 is 0 Å². The normalized spacial score (nSPS) is 18.6. The zero-order chi connectivity index (χ0) is 11.8. The molecule has 1 N–H and O–H groups in total. The van der Waals surface area contributed by atoms with Crippen molar-refractivity contribution >= 4 is 0 Å². The number of hydrogen-bond acceptors (Lipinski definition) is 1. The summed E-state index contributed by atoms with van der Waals surface area (Å²) in [7, 11) is 0. The van der Waals surface area contributed by atoms with E-state index in [-0.39, 0.29) is 5.82 Å². The first-order valence-corrected chi connectivity index (χ1v) is 6.02. The van der Waals surface area contributed by atoms with E-state index in [1.807, 2.05) is 6.07 Å². The number of halogens is 1. The van der Waals surface area contributed by atoms with Gasteiger partial charge in [-0.1, -0.05) is 26.0 Å². The maximum atomic E-state index is 13.9. The van der Waals surface area contributed by atoms with Gasteiger partial charge < -0.3 is 5.11 Å². The van der Waals surface area contributed by atoms with Crippen LogP contribution in [0.4, 0.5) is 4.39 Å². The highest BCUT2D eigenvalue weighted by Gasteiger charge is 2.38. The van der Waals surface area contributed by atoms with Crippen molar-refractivity contribution in [3.05, 3.63) is 35.1 Å². The van der Waals surface area contributed by atoms with Crippen LogP contribution in [0.15, 0.2) is 18.2 Å². The average molecular weight is 222 g/mol. The molecule has 0 bridgehead atoms. The molecule has 16 heavy (non-hydrogen) atoms. The van der Waals surface area contributed by atoms with Crippen molar-refractivity contribution in [3.63, 3.8) is 0 Å². The summed E-state index contributed by atoms with van der Waals surface area (Å²) in [6, 6.07) is 5.27. The summed E-state index contributed by atoms with van der Waals surface area (Å²) in [5.41, 5.74) is 0.603. The summed E-state index contributed by atoms with van der Waals surface area (Å²) in [6.45, 7) is 4.23. The van der Waals surface area contributed by atoms with Crippen LogP contribution in [0.1, 0.15) is 44.2 Å². The van der Waals surface area contributed by atoms with Crippen LogP contribution in [0.25, 0.3) is 0 Å². The molecule has 0 unspecified atom stereocenters. The Morgan fingerprint density at radius 1 is 1.38 bits per heavy atom. The minimum atomic E-state index is -0.888. The SMILES string of the molecule is CC(C)Cc1ccc(C2(O)CCC2)c(F)c1. The summed E-state index contributed by atoms with van der Waals surface area (Å²) in [6.07, 6.45) is 3.25. The third-order valence-electron chi connectivity index (χ3n) is 3.36. The molecule has 1 aliphatic carbocycles. The van der Waals surface area contributed by atoms with Crippen LogP contribution in [0.5, 0.6) is 0 Å². The van der Waals surface area contributed by atoms with Gasteiger partial charge in [-0.3, -0.25) is 0 Å². The van der Waals surface area contributed by atoms with Crippen molar-refractivity contribution in [1.82, 2.24) is 0 Å². The molecule has 1 fully saturated rings. The highest BCUT2D eigenvalue weighted by molar-refractivity contribution is 5.30. The highest BCUT2D eigenvalue weighted by Crippen LogP contribution is 2.42. The predicted octanol–water partition coefficient (Wildman–Crippen LogP) is 3.40. The van der Waals surface area contributed by atoms with E-state index in [2.05, 4.69) is 13.8 Å². The van der Waals surface area contributed by atoms with E-state index in [0.717, 1.165) is 18.4 Å². The third-order valence-corrected chi connectivity index (χ3v) is 3.36. The molecule has 0 saturated heterocycles. The molecule has 0 aromatic heterocycles. The zero-order valence-electron chi connectivity index (χ0n) is 9.96. The fraction of sp³-hybridized carbons (Fsp3) is 0.571. The van der Waals surface area contributed by atoms with Crippen LogP contribution in [0.3, 0.4) is 0 Å². The molecule has 1 saturated carbocycles. The molecule has 1 aromatic rings. The van der Waals surface area contributed by atoms with E-state index in [1.54, 1.807) is 12.1 Å². The van der Waals surface area contributed by atoms with Crippen LogP contribution < -0.4 is 0 Å². The highest BCUT2D eigenvalue weighted by atomic mass is 19.1. The van der Waals surface area contributed by atoms with Gasteiger partial charge in [-0.15, -0.1) is 0 Å². The molecule has 0 radical (unpaired) electrons. The maximum Gasteiger partial charge on any atom is 0.129 e. The Morgan fingerprint density at radius 3 is 2.50 bits per heavy atom. The Balaban J connectivity index is 2.23. The van der Waals surface area contributed by atoms with Gasteiger partial charge in [0.1, 0.15) is 5.82 Å². The van der Waals surface area contributed by atoms with Crippen LogP contribution in [0.2, 0.25) is 0 Å². The second kappa shape index (κ2) is 4.17. The summed E-state index contributed by atoms with van der Waals surface area (Å²) < 4.78 is 13.9. The first-order valence-electron chi connectivity index (χ1n) is 6.02. The lowest BCUT2D eigenvalue weighted by Gasteiger charge is -2.37. The molecule has 0 heterocycles. The Bertz CT molecular complexity index is 380. The first-order chi connectivity index (χ1) is 7.51. The average Bonchev–Trinajstić information content (AvgIpc) is 2.13. The molecule has 1 nitrogen and oxygen atoms in total. The van der Waals surface area contributed by atoms with Gasteiger partial charge in [0.05, 0.1) is 5.60 Å². The molecule has 1 aliphatic rings. The molecule has 0 spiro atoms. The van der Waals surface area contributed by atoms with Gasteiger partial charge in [0, 0.05) is 5.56 Å². The maximum absolute atomic E-state index is 13.9. The Morgan fingerprint density at radius 2 is 2.06 bits per heavy atom. The Labute approximate surface area is 96.3 Å². The Hall–Kier alpha value is -0.890. The molecule has 2 rings (SSSR count). The predicted molar refractivity (Wildman–Crippen MR) is 62.7 cm³/mol. The minimum absolute atomic E-state index is 0.250. The summed E-state index contributed by atoms with van der Waals surface area (Å²) in [5, 5.41) is 10.1. The van der Waals surface area contributed by atoms with Crippen molar-refractivity contribution in [2.45, 2.75) is 45.1 Å². The largest absolute Gasteiger partial charge is 0.385 e. The zero-order valence-corrected chi connectivity index (χ0v) is 9.96. The lowest BCUT2D eigenvalue weighted by atomic mass is 9.74. The molecule has 0 amide bonds. The van der Waals surface area contributed by atoms with Gasteiger partial charge in [-0.2, -0.15) is 0 Å². The molecule has 2 heteroatoms. The lowest BCUT2D eigenvalue weighted by molar-refractivity contribution is -0.0416. The van der Waals surface area contributed by atoms with Crippen LogP contribution in [-0.2, 0) is 12.0 Å². The molecule has 88 valence electrons. The molecule has 0 atom stereocenters. The molecular weight excluding hydrogens is 203 g/mol. The smallest absolute Gasteiger partial charge is 0.129 e. The lowest BCUT2D eigenvalue weighted by Crippen LogP contribution is -2.34. The van der Waals surface area contributed by atoms with Crippen molar-refractivity contribution in [2.75, 3.05) is 0 Å². The van der Waals surface area contributed by atoms with Gasteiger partial charge in [0.25, 0.3) is 0 Å². The second-order valence-corrected chi connectivity index (χ2v) is 5.30. The molecular formula is C14H19FO. The minimum Gasteiger partial charge on any atom is -0.385 e.